The summed E-state index contributed by atoms with van der Waals surface area (Å²) in [6.45, 7) is 6.45. The van der Waals surface area contributed by atoms with Gasteiger partial charge in [-0.15, -0.1) is 0 Å². The number of allylic oxidation sites excluding steroid dienone is 8. The van der Waals surface area contributed by atoms with Crippen molar-refractivity contribution in [1.82, 2.24) is 5.32 Å². The van der Waals surface area contributed by atoms with Crippen LogP contribution in [0.15, 0.2) is 48.6 Å². The fraction of sp³-hybridized carbons (Fsp3) is 0.821. The van der Waals surface area contributed by atoms with Gasteiger partial charge in [0.2, 0.25) is 5.91 Å². The van der Waals surface area contributed by atoms with Crippen LogP contribution in [0.1, 0.15) is 271 Å². The number of aliphatic hydroxyl groups excluding tert-OH is 2. The lowest BCUT2D eigenvalue weighted by atomic mass is 10.0. The summed E-state index contributed by atoms with van der Waals surface area (Å²) >= 11 is 0. The Morgan fingerprint density at radius 1 is 0.468 bits per heavy atom. The van der Waals surface area contributed by atoms with Crippen molar-refractivity contribution in [3.05, 3.63) is 48.6 Å². The highest BCUT2D eigenvalue weighted by Crippen LogP contribution is 2.18. The number of nitrogens with one attached hydrogen (secondary N) is 1. The van der Waals surface area contributed by atoms with Crippen molar-refractivity contribution in [2.45, 2.75) is 289 Å². The lowest BCUT2D eigenvalue weighted by Crippen LogP contribution is -2.46. The number of hydrogen-bond acceptors (Lipinski definition) is 5. The van der Waals surface area contributed by atoms with E-state index < -0.39 is 18.2 Å². The summed E-state index contributed by atoms with van der Waals surface area (Å²) in [7, 11) is 0. The van der Waals surface area contributed by atoms with E-state index in [1.807, 2.05) is 0 Å². The van der Waals surface area contributed by atoms with Gasteiger partial charge in [0.15, 0.2) is 0 Å². The maximum absolute atomic E-state index is 13.2. The number of ether oxygens (including phenoxy) is 1. The Bertz CT molecular complexity index is 1070. The molecule has 0 aliphatic heterocycles. The second-order valence-corrected chi connectivity index (χ2v) is 18.3. The third kappa shape index (κ3) is 44.4. The molecule has 0 aromatic heterocycles. The quantitative estimate of drug-likeness (QED) is 0.0322. The van der Waals surface area contributed by atoms with Crippen molar-refractivity contribution < 1.29 is 24.5 Å². The normalized spacial score (nSPS) is 13.6. The molecule has 0 spiro atoms. The topological polar surface area (TPSA) is 95.9 Å². The van der Waals surface area contributed by atoms with E-state index in [0.717, 1.165) is 64.2 Å². The van der Waals surface area contributed by atoms with Gasteiger partial charge in [-0.3, -0.25) is 9.59 Å². The first kappa shape index (κ1) is 59.8. The van der Waals surface area contributed by atoms with Gasteiger partial charge in [-0.1, -0.05) is 243 Å². The first-order valence-corrected chi connectivity index (χ1v) is 26.9. The molecule has 362 valence electrons. The fourth-order valence-electron chi connectivity index (χ4n) is 8.07. The molecule has 0 heterocycles. The molecule has 62 heavy (non-hydrogen) atoms. The van der Waals surface area contributed by atoms with Crippen molar-refractivity contribution in [2.75, 3.05) is 6.61 Å². The van der Waals surface area contributed by atoms with E-state index in [-0.39, 0.29) is 24.9 Å². The lowest BCUT2D eigenvalue weighted by molar-refractivity contribution is -0.151. The van der Waals surface area contributed by atoms with E-state index in [1.54, 1.807) is 0 Å². The van der Waals surface area contributed by atoms with Gasteiger partial charge in [-0.2, -0.15) is 0 Å². The predicted octanol–water partition coefficient (Wildman–Crippen LogP) is 16.2. The molecule has 0 saturated heterocycles. The number of carbonyl (C=O) groups excluding carboxylic acids is 2. The molecule has 0 fully saturated rings. The molecule has 0 aliphatic carbocycles. The van der Waals surface area contributed by atoms with Crippen molar-refractivity contribution in [1.29, 1.82) is 0 Å². The van der Waals surface area contributed by atoms with Gasteiger partial charge in [0, 0.05) is 6.42 Å². The molecule has 3 N–H and O–H groups in total. The zero-order valence-corrected chi connectivity index (χ0v) is 41.3. The van der Waals surface area contributed by atoms with Crippen LogP contribution in [0.3, 0.4) is 0 Å². The van der Waals surface area contributed by atoms with E-state index >= 15 is 0 Å². The van der Waals surface area contributed by atoms with Crippen molar-refractivity contribution in [2.24, 2.45) is 0 Å². The fourth-order valence-corrected chi connectivity index (χ4v) is 8.07. The summed E-state index contributed by atoms with van der Waals surface area (Å²) in [4.78, 5) is 26.2. The van der Waals surface area contributed by atoms with Crippen LogP contribution in [-0.2, 0) is 14.3 Å². The standard InChI is InChI=1S/C56H103NO5/c1-4-7-10-13-16-19-22-24-26-27-29-31-34-37-40-43-46-49-56(61)62-52(47-44-41-38-35-33-30-28-25-23-20-17-14-11-8-5-2)50-55(60)57-53(51-58)54(59)48-45-42-39-36-32-21-18-15-12-9-6-3/h16,19,24,26,29,31,37,40,52-54,58-59H,4-15,17-18,20-23,25,27-28,30,32-36,38-39,41-51H2,1-3H3,(H,57,60)/b19-16-,26-24-,31-29-,40-37-. The highest BCUT2D eigenvalue weighted by atomic mass is 16.5. The molecule has 3 atom stereocenters. The van der Waals surface area contributed by atoms with Crippen molar-refractivity contribution in [3.63, 3.8) is 0 Å². The monoisotopic (exact) mass is 870 g/mol. The minimum Gasteiger partial charge on any atom is -0.462 e. The summed E-state index contributed by atoms with van der Waals surface area (Å²) in [6.07, 6.45) is 60.3. The molecule has 0 rings (SSSR count). The van der Waals surface area contributed by atoms with Crippen LogP contribution in [0.4, 0.5) is 0 Å². The first-order chi connectivity index (χ1) is 30.5. The summed E-state index contributed by atoms with van der Waals surface area (Å²) in [5.41, 5.74) is 0. The van der Waals surface area contributed by atoms with E-state index in [2.05, 4.69) is 74.7 Å². The number of esters is 1. The van der Waals surface area contributed by atoms with Crippen LogP contribution in [0.2, 0.25) is 0 Å². The molecule has 3 unspecified atom stereocenters. The van der Waals surface area contributed by atoms with E-state index in [9.17, 15) is 19.8 Å². The van der Waals surface area contributed by atoms with Crippen LogP contribution in [-0.4, -0.2) is 46.9 Å². The molecule has 0 radical (unpaired) electrons. The predicted molar refractivity (Wildman–Crippen MR) is 269 cm³/mol. The zero-order valence-electron chi connectivity index (χ0n) is 41.3. The van der Waals surface area contributed by atoms with Gasteiger partial charge in [0.1, 0.15) is 6.10 Å². The van der Waals surface area contributed by atoms with Crippen LogP contribution in [0.5, 0.6) is 0 Å². The number of aliphatic hydroxyl groups is 2. The number of unbranched alkanes of at least 4 members (excludes halogenated alkanes) is 28. The Kier molecular flexibility index (Phi) is 48.1. The average molecular weight is 870 g/mol. The molecular weight excluding hydrogens is 767 g/mol. The summed E-state index contributed by atoms with van der Waals surface area (Å²) in [5.74, 6) is -0.531. The second kappa shape index (κ2) is 49.8. The third-order valence-corrected chi connectivity index (χ3v) is 12.2. The van der Waals surface area contributed by atoms with Crippen molar-refractivity contribution in [3.8, 4) is 0 Å². The zero-order chi connectivity index (χ0) is 45.2. The summed E-state index contributed by atoms with van der Waals surface area (Å²) in [5, 5.41) is 23.8. The molecular formula is C56H103NO5. The largest absolute Gasteiger partial charge is 0.462 e. The minimum atomic E-state index is -0.795. The first-order valence-electron chi connectivity index (χ1n) is 26.9. The third-order valence-electron chi connectivity index (χ3n) is 12.2. The average Bonchev–Trinajstić information content (AvgIpc) is 3.26. The van der Waals surface area contributed by atoms with Gasteiger partial charge < -0.3 is 20.3 Å². The van der Waals surface area contributed by atoms with Gasteiger partial charge in [0.25, 0.3) is 0 Å². The van der Waals surface area contributed by atoms with E-state index in [4.69, 9.17) is 4.74 Å². The van der Waals surface area contributed by atoms with Gasteiger partial charge in [0.05, 0.1) is 25.2 Å². The van der Waals surface area contributed by atoms with Gasteiger partial charge in [-0.05, 0) is 64.2 Å². The molecule has 0 aromatic carbocycles. The number of hydrogen-bond donors (Lipinski definition) is 3. The Morgan fingerprint density at radius 2 is 0.823 bits per heavy atom. The second-order valence-electron chi connectivity index (χ2n) is 18.3. The molecule has 0 aromatic rings. The van der Waals surface area contributed by atoms with Crippen LogP contribution < -0.4 is 5.32 Å². The maximum atomic E-state index is 13.2. The lowest BCUT2D eigenvalue weighted by Gasteiger charge is -2.24. The Morgan fingerprint density at radius 3 is 1.24 bits per heavy atom. The van der Waals surface area contributed by atoms with Gasteiger partial charge in [-0.25, -0.2) is 0 Å². The molecule has 6 nitrogen and oxygen atoms in total. The minimum absolute atomic E-state index is 0.0587. The molecule has 0 saturated carbocycles. The summed E-state index contributed by atoms with van der Waals surface area (Å²) in [6, 6.07) is -0.710. The Hall–Kier alpha value is -2.18. The SMILES string of the molecule is CCCCC/C=C\C/C=C\C/C=C\C/C=C\CCCC(=O)OC(CCCCCCCCCCCCCCCCC)CC(=O)NC(CO)C(O)CCCCCCCCCCCCC. The van der Waals surface area contributed by atoms with Crippen LogP contribution in [0.25, 0.3) is 0 Å². The number of rotatable bonds is 48. The van der Waals surface area contributed by atoms with Crippen molar-refractivity contribution >= 4 is 11.9 Å². The number of amides is 1. The molecule has 1 amide bonds. The molecule has 0 aliphatic rings. The van der Waals surface area contributed by atoms with Crippen LogP contribution >= 0.6 is 0 Å². The number of carbonyl (C=O) groups is 2. The summed E-state index contributed by atoms with van der Waals surface area (Å²) < 4.78 is 5.92. The van der Waals surface area contributed by atoms with Gasteiger partial charge >= 0.3 is 5.97 Å². The highest BCUT2D eigenvalue weighted by Gasteiger charge is 2.24. The van der Waals surface area contributed by atoms with E-state index in [0.29, 0.717) is 25.7 Å². The highest BCUT2D eigenvalue weighted by molar-refractivity contribution is 5.77. The Balaban J connectivity index is 4.65. The molecule has 6 heteroatoms. The van der Waals surface area contributed by atoms with Crippen LogP contribution in [0, 0.1) is 0 Å². The smallest absolute Gasteiger partial charge is 0.306 e. The van der Waals surface area contributed by atoms with E-state index in [1.165, 1.54) is 154 Å². The Labute approximate surface area is 385 Å². The maximum Gasteiger partial charge on any atom is 0.306 e. The molecule has 0 bridgehead atoms.